The van der Waals surface area contributed by atoms with Gasteiger partial charge in [-0.3, -0.25) is 10.2 Å². The lowest BCUT2D eigenvalue weighted by Crippen LogP contribution is -2.13. The van der Waals surface area contributed by atoms with Crippen molar-refractivity contribution < 1.29 is 9.18 Å². The Kier molecular flexibility index (Phi) is 6.19. The van der Waals surface area contributed by atoms with Gasteiger partial charge in [-0.15, -0.1) is 0 Å². The summed E-state index contributed by atoms with van der Waals surface area (Å²) in [6, 6.07) is 20.3. The summed E-state index contributed by atoms with van der Waals surface area (Å²) in [5.41, 5.74) is 2.07. The third-order valence-corrected chi connectivity index (χ3v) is 4.03. The molecule has 0 aliphatic rings. The molecule has 0 aromatic heterocycles. The molecule has 140 valence electrons. The van der Waals surface area contributed by atoms with Crippen LogP contribution in [0.15, 0.2) is 78.9 Å². The van der Waals surface area contributed by atoms with Gasteiger partial charge in [-0.25, -0.2) is 4.39 Å². The molecule has 0 aliphatic carbocycles. The lowest BCUT2D eigenvalue weighted by molar-refractivity contribution is -0.111. The van der Waals surface area contributed by atoms with E-state index in [1.807, 2.05) is 30.3 Å². The van der Waals surface area contributed by atoms with Gasteiger partial charge in [0.1, 0.15) is 11.7 Å². The van der Waals surface area contributed by atoms with E-state index >= 15 is 0 Å². The Bertz CT molecular complexity index is 1030. The van der Waals surface area contributed by atoms with Gasteiger partial charge in [0, 0.05) is 33.6 Å². The monoisotopic (exact) mass is 393 g/mol. The quantitative estimate of drug-likeness (QED) is 0.301. The van der Waals surface area contributed by atoms with Crippen LogP contribution in [-0.2, 0) is 4.79 Å². The van der Waals surface area contributed by atoms with E-state index in [0.717, 1.165) is 5.56 Å². The van der Waals surface area contributed by atoms with Crippen LogP contribution in [-0.4, -0.2) is 11.7 Å². The Labute approximate surface area is 167 Å². The summed E-state index contributed by atoms with van der Waals surface area (Å²) in [4.78, 5) is 12.1. The number of nitrogens with one attached hydrogen (secondary N) is 3. The van der Waals surface area contributed by atoms with E-state index in [-0.39, 0.29) is 5.84 Å². The maximum Gasteiger partial charge on any atom is 0.248 e. The molecule has 0 aliphatic heterocycles. The predicted octanol–water partition coefficient (Wildman–Crippen LogP) is 5.57. The van der Waals surface area contributed by atoms with Crippen molar-refractivity contribution in [2.75, 3.05) is 10.6 Å². The summed E-state index contributed by atoms with van der Waals surface area (Å²) in [5.74, 6) is -0.616. The fraction of sp³-hybridized carbons (Fsp3) is 0. The average Bonchev–Trinajstić information content (AvgIpc) is 2.67. The molecule has 0 saturated heterocycles. The van der Waals surface area contributed by atoms with Gasteiger partial charge >= 0.3 is 0 Å². The number of amidine groups is 1. The molecule has 1 amide bonds. The van der Waals surface area contributed by atoms with E-state index in [9.17, 15) is 9.18 Å². The Morgan fingerprint density at radius 3 is 2.29 bits per heavy atom. The lowest BCUT2D eigenvalue weighted by Gasteiger charge is -2.11. The van der Waals surface area contributed by atoms with E-state index in [4.69, 9.17) is 17.0 Å². The largest absolute Gasteiger partial charge is 0.340 e. The normalized spacial score (nSPS) is 10.6. The lowest BCUT2D eigenvalue weighted by atomic mass is 10.2. The summed E-state index contributed by atoms with van der Waals surface area (Å²) in [6.07, 6.45) is 2.65. The van der Waals surface area contributed by atoms with Gasteiger partial charge in [0.25, 0.3) is 0 Å². The standard InChI is InChI=1S/C22H17ClFN3O/c23-17-12-18(26-21(28)11-10-15-6-4-5-9-20(15)24)14-19(13-17)27-22(25)16-7-2-1-3-8-16/h1-14H,(H2,25,27)(H,26,28)/b11-10+. The van der Waals surface area contributed by atoms with Gasteiger partial charge in [-0.05, 0) is 30.3 Å². The number of hydrogen-bond donors (Lipinski definition) is 3. The molecule has 0 spiro atoms. The zero-order valence-electron chi connectivity index (χ0n) is 14.7. The molecule has 4 nitrogen and oxygen atoms in total. The maximum atomic E-state index is 13.6. The first-order chi connectivity index (χ1) is 13.5. The molecule has 0 bridgehead atoms. The van der Waals surface area contributed by atoms with Crippen LogP contribution < -0.4 is 10.6 Å². The number of carbonyl (C=O) groups is 1. The van der Waals surface area contributed by atoms with Crippen LogP contribution >= 0.6 is 11.6 Å². The molecule has 28 heavy (non-hydrogen) atoms. The highest BCUT2D eigenvalue weighted by atomic mass is 35.5. The van der Waals surface area contributed by atoms with Crippen molar-refractivity contribution in [1.82, 2.24) is 0 Å². The third kappa shape index (κ3) is 5.28. The number of benzene rings is 3. The molecule has 3 aromatic rings. The highest BCUT2D eigenvalue weighted by molar-refractivity contribution is 6.31. The minimum absolute atomic E-state index is 0.208. The van der Waals surface area contributed by atoms with Crippen LogP contribution in [0.5, 0.6) is 0 Å². The fourth-order valence-electron chi connectivity index (χ4n) is 2.51. The fourth-order valence-corrected chi connectivity index (χ4v) is 2.75. The molecule has 0 heterocycles. The van der Waals surface area contributed by atoms with Crippen LogP contribution in [0.3, 0.4) is 0 Å². The first-order valence-electron chi connectivity index (χ1n) is 8.46. The van der Waals surface area contributed by atoms with Crippen molar-refractivity contribution in [3.63, 3.8) is 0 Å². The highest BCUT2D eigenvalue weighted by Crippen LogP contribution is 2.23. The summed E-state index contributed by atoms with van der Waals surface area (Å²) in [6.45, 7) is 0. The topological polar surface area (TPSA) is 65.0 Å². The van der Waals surface area contributed by atoms with Crippen molar-refractivity contribution in [1.29, 1.82) is 5.41 Å². The van der Waals surface area contributed by atoms with Gasteiger partial charge in [0.15, 0.2) is 0 Å². The van der Waals surface area contributed by atoms with Gasteiger partial charge in [-0.2, -0.15) is 0 Å². The van der Waals surface area contributed by atoms with Crippen molar-refractivity contribution in [3.05, 3.63) is 101 Å². The molecule has 0 radical (unpaired) electrons. The second-order valence-electron chi connectivity index (χ2n) is 5.94. The Morgan fingerprint density at radius 2 is 1.57 bits per heavy atom. The summed E-state index contributed by atoms with van der Waals surface area (Å²) >= 11 is 6.13. The molecule has 3 N–H and O–H groups in total. The van der Waals surface area contributed by atoms with E-state index in [1.54, 1.807) is 36.4 Å². The zero-order valence-corrected chi connectivity index (χ0v) is 15.5. The van der Waals surface area contributed by atoms with Crippen molar-refractivity contribution >= 4 is 40.8 Å². The number of anilines is 2. The SMILES string of the molecule is N=C(Nc1cc(Cl)cc(NC(=O)/C=C/c2ccccc2F)c1)c1ccccc1. The number of carbonyl (C=O) groups excluding carboxylic acids is 1. The average molecular weight is 394 g/mol. The maximum absolute atomic E-state index is 13.6. The Balaban J connectivity index is 1.70. The Morgan fingerprint density at radius 1 is 0.929 bits per heavy atom. The molecule has 0 atom stereocenters. The van der Waals surface area contributed by atoms with E-state index < -0.39 is 11.7 Å². The second kappa shape index (κ2) is 8.97. The second-order valence-corrected chi connectivity index (χ2v) is 6.38. The molecule has 6 heteroatoms. The minimum atomic E-state index is -0.422. The smallest absolute Gasteiger partial charge is 0.248 e. The number of hydrogen-bond acceptors (Lipinski definition) is 2. The van der Waals surface area contributed by atoms with Gasteiger partial charge in [0.05, 0.1) is 0 Å². The number of amides is 1. The third-order valence-electron chi connectivity index (χ3n) is 3.82. The van der Waals surface area contributed by atoms with Crippen LogP contribution in [0.2, 0.25) is 5.02 Å². The number of halogens is 2. The molecule has 0 fully saturated rings. The highest BCUT2D eigenvalue weighted by Gasteiger charge is 2.06. The van der Waals surface area contributed by atoms with Crippen LogP contribution in [0.25, 0.3) is 6.08 Å². The van der Waals surface area contributed by atoms with E-state index in [0.29, 0.717) is 22.0 Å². The molecular formula is C22H17ClFN3O. The first-order valence-corrected chi connectivity index (χ1v) is 8.84. The Hall–Kier alpha value is -3.44. The molecule has 0 unspecified atom stereocenters. The van der Waals surface area contributed by atoms with E-state index in [1.165, 1.54) is 18.2 Å². The van der Waals surface area contributed by atoms with Gasteiger partial charge in [-0.1, -0.05) is 60.1 Å². The van der Waals surface area contributed by atoms with Crippen LogP contribution in [0.1, 0.15) is 11.1 Å². The van der Waals surface area contributed by atoms with Crippen LogP contribution in [0, 0.1) is 11.2 Å². The molecule has 3 rings (SSSR count). The van der Waals surface area contributed by atoms with E-state index in [2.05, 4.69) is 10.6 Å². The minimum Gasteiger partial charge on any atom is -0.340 e. The molecule has 3 aromatic carbocycles. The van der Waals surface area contributed by atoms with Gasteiger partial charge < -0.3 is 10.6 Å². The zero-order chi connectivity index (χ0) is 19.9. The van der Waals surface area contributed by atoms with Crippen LogP contribution in [0.4, 0.5) is 15.8 Å². The predicted molar refractivity (Wildman–Crippen MR) is 112 cm³/mol. The van der Waals surface area contributed by atoms with Crippen molar-refractivity contribution in [2.45, 2.75) is 0 Å². The summed E-state index contributed by atoms with van der Waals surface area (Å²) in [7, 11) is 0. The molecule has 0 saturated carbocycles. The molecular weight excluding hydrogens is 377 g/mol. The summed E-state index contributed by atoms with van der Waals surface area (Å²) < 4.78 is 13.6. The first kappa shape index (κ1) is 19.3. The van der Waals surface area contributed by atoms with Crippen molar-refractivity contribution in [2.24, 2.45) is 0 Å². The summed E-state index contributed by atoms with van der Waals surface area (Å²) in [5, 5.41) is 14.2. The number of rotatable bonds is 5. The van der Waals surface area contributed by atoms with Crippen molar-refractivity contribution in [3.8, 4) is 0 Å². The van der Waals surface area contributed by atoms with Gasteiger partial charge in [0.2, 0.25) is 5.91 Å².